The molecule has 0 bridgehead atoms. The van der Waals surface area contributed by atoms with Gasteiger partial charge in [-0.15, -0.1) is 0 Å². The van der Waals surface area contributed by atoms with Gasteiger partial charge in [-0.2, -0.15) is 0 Å². The summed E-state index contributed by atoms with van der Waals surface area (Å²) in [6.45, 7) is 4.01. The van der Waals surface area contributed by atoms with Crippen molar-refractivity contribution in [3.63, 3.8) is 0 Å². The van der Waals surface area contributed by atoms with Crippen molar-refractivity contribution in [2.75, 3.05) is 0 Å². The van der Waals surface area contributed by atoms with Crippen molar-refractivity contribution < 1.29 is 4.79 Å². The van der Waals surface area contributed by atoms with Crippen LogP contribution in [0.25, 0.3) is 0 Å². The zero-order valence-electron chi connectivity index (χ0n) is 6.33. The quantitative estimate of drug-likeness (QED) is 0.565. The van der Waals surface area contributed by atoms with Crippen LogP contribution < -0.4 is 0 Å². The fourth-order valence-corrected chi connectivity index (χ4v) is 4.21. The molecule has 1 aliphatic rings. The van der Waals surface area contributed by atoms with Gasteiger partial charge < -0.3 is 0 Å². The van der Waals surface area contributed by atoms with E-state index in [9.17, 15) is 4.79 Å². The first-order chi connectivity index (χ1) is 4.84. The molecule has 0 aromatic carbocycles. The van der Waals surface area contributed by atoms with Gasteiger partial charge in [-0.1, -0.05) is 45.7 Å². The standard InChI is InChI=1S/C7H9Br2ClO/c1-4(2)6(5(10)11)3-7(6,8)9/h4H,3H2,1-2H3. The molecule has 0 aromatic heterocycles. The lowest BCUT2D eigenvalue weighted by Crippen LogP contribution is -2.23. The summed E-state index contributed by atoms with van der Waals surface area (Å²) < 4.78 is -0.250. The van der Waals surface area contributed by atoms with Crippen LogP contribution in [0.1, 0.15) is 20.3 Å². The van der Waals surface area contributed by atoms with Gasteiger partial charge in [0.1, 0.15) is 0 Å². The minimum Gasteiger partial charge on any atom is -0.281 e. The molecule has 1 rings (SSSR count). The molecular formula is C7H9Br2ClO. The number of alkyl halides is 2. The SMILES string of the molecule is CC(C)C1(C(=O)Cl)CC1(Br)Br. The maximum absolute atomic E-state index is 11.1. The summed E-state index contributed by atoms with van der Waals surface area (Å²) in [5, 5.41) is -0.249. The molecule has 4 heteroatoms. The highest BCUT2D eigenvalue weighted by atomic mass is 79.9. The second-order valence-electron chi connectivity index (χ2n) is 3.28. The highest BCUT2D eigenvalue weighted by molar-refractivity contribution is 9.25. The average molecular weight is 304 g/mol. The molecule has 0 aliphatic heterocycles. The van der Waals surface area contributed by atoms with Gasteiger partial charge in [0.2, 0.25) is 5.24 Å². The highest BCUT2D eigenvalue weighted by Crippen LogP contribution is 2.70. The van der Waals surface area contributed by atoms with Crippen molar-refractivity contribution in [3.05, 3.63) is 0 Å². The number of carbonyl (C=O) groups excluding carboxylic acids is 1. The van der Waals surface area contributed by atoms with E-state index in [4.69, 9.17) is 11.6 Å². The Labute approximate surface area is 88.1 Å². The third-order valence-electron chi connectivity index (χ3n) is 2.36. The fourth-order valence-electron chi connectivity index (χ4n) is 1.37. The van der Waals surface area contributed by atoms with Crippen molar-refractivity contribution in [3.8, 4) is 0 Å². The lowest BCUT2D eigenvalue weighted by Gasteiger charge is -2.17. The van der Waals surface area contributed by atoms with E-state index in [0.717, 1.165) is 6.42 Å². The first-order valence-corrected chi connectivity index (χ1v) is 5.39. The van der Waals surface area contributed by atoms with Crippen LogP contribution in [0.4, 0.5) is 0 Å². The third-order valence-corrected chi connectivity index (χ3v) is 4.68. The number of rotatable bonds is 2. The van der Waals surface area contributed by atoms with E-state index in [-0.39, 0.29) is 14.4 Å². The smallest absolute Gasteiger partial charge is 0.230 e. The van der Waals surface area contributed by atoms with Gasteiger partial charge in [-0.05, 0) is 23.9 Å². The van der Waals surface area contributed by atoms with Gasteiger partial charge in [0.25, 0.3) is 0 Å². The molecule has 0 radical (unpaired) electrons. The second kappa shape index (κ2) is 2.71. The Morgan fingerprint density at radius 3 is 1.91 bits per heavy atom. The van der Waals surface area contributed by atoms with E-state index in [2.05, 4.69) is 31.9 Å². The molecule has 0 heterocycles. The number of hydrogen-bond acceptors (Lipinski definition) is 1. The number of hydrogen-bond donors (Lipinski definition) is 0. The summed E-state index contributed by atoms with van der Waals surface area (Å²) in [5.74, 6) is 0.270. The van der Waals surface area contributed by atoms with Crippen LogP contribution in [0, 0.1) is 11.3 Å². The van der Waals surface area contributed by atoms with Crippen LogP contribution >= 0.6 is 43.5 Å². The summed E-state index contributed by atoms with van der Waals surface area (Å²) >= 11 is 12.4. The minimum atomic E-state index is -0.394. The van der Waals surface area contributed by atoms with Gasteiger partial charge in [-0.25, -0.2) is 0 Å². The summed E-state index contributed by atoms with van der Waals surface area (Å²) in [6, 6.07) is 0. The van der Waals surface area contributed by atoms with E-state index in [1.807, 2.05) is 13.8 Å². The molecule has 0 spiro atoms. The van der Waals surface area contributed by atoms with Crippen LogP contribution in [-0.2, 0) is 4.79 Å². The predicted octanol–water partition coefficient (Wildman–Crippen LogP) is 3.28. The molecule has 1 atom stereocenters. The van der Waals surface area contributed by atoms with E-state index in [1.54, 1.807) is 0 Å². The van der Waals surface area contributed by atoms with E-state index in [1.165, 1.54) is 0 Å². The Morgan fingerprint density at radius 1 is 1.55 bits per heavy atom. The van der Waals surface area contributed by atoms with Crippen LogP contribution in [0.2, 0.25) is 0 Å². The van der Waals surface area contributed by atoms with Gasteiger partial charge in [0.15, 0.2) is 0 Å². The van der Waals surface area contributed by atoms with E-state index in [0.29, 0.717) is 0 Å². The van der Waals surface area contributed by atoms with Crippen LogP contribution in [0.5, 0.6) is 0 Å². The zero-order valence-corrected chi connectivity index (χ0v) is 10.3. The van der Waals surface area contributed by atoms with Gasteiger partial charge in [0, 0.05) is 0 Å². The molecule has 0 N–H and O–H groups in total. The fraction of sp³-hybridized carbons (Fsp3) is 0.857. The van der Waals surface area contributed by atoms with Crippen molar-refractivity contribution in [1.82, 2.24) is 0 Å². The monoisotopic (exact) mass is 302 g/mol. The summed E-state index contributed by atoms with van der Waals surface area (Å²) in [4.78, 5) is 11.1. The largest absolute Gasteiger partial charge is 0.281 e. The Hall–Kier alpha value is 0.920. The summed E-state index contributed by atoms with van der Waals surface area (Å²) in [6.07, 6.45) is 0.778. The lowest BCUT2D eigenvalue weighted by molar-refractivity contribution is -0.117. The third kappa shape index (κ3) is 1.29. The average Bonchev–Trinajstić information content (AvgIpc) is 2.35. The molecule has 64 valence electrons. The first-order valence-electron chi connectivity index (χ1n) is 3.42. The Bertz CT molecular complexity index is 203. The van der Waals surface area contributed by atoms with E-state index >= 15 is 0 Å². The molecule has 1 fully saturated rings. The Kier molecular flexibility index (Phi) is 2.46. The second-order valence-corrected chi connectivity index (χ2v) is 7.40. The van der Waals surface area contributed by atoms with Gasteiger partial charge in [-0.3, -0.25) is 4.79 Å². The maximum atomic E-state index is 11.1. The molecular weight excluding hydrogens is 295 g/mol. The molecule has 0 amide bonds. The molecule has 1 saturated carbocycles. The molecule has 0 saturated heterocycles. The van der Waals surface area contributed by atoms with Crippen LogP contribution in [-0.4, -0.2) is 8.48 Å². The zero-order chi connectivity index (χ0) is 8.86. The van der Waals surface area contributed by atoms with Crippen molar-refractivity contribution >= 4 is 48.7 Å². The molecule has 1 unspecified atom stereocenters. The van der Waals surface area contributed by atoms with Crippen LogP contribution in [0.3, 0.4) is 0 Å². The van der Waals surface area contributed by atoms with Crippen molar-refractivity contribution in [1.29, 1.82) is 0 Å². The van der Waals surface area contributed by atoms with Crippen molar-refractivity contribution in [2.45, 2.75) is 23.5 Å². The normalized spacial score (nSPS) is 34.0. The topological polar surface area (TPSA) is 17.1 Å². The Morgan fingerprint density at radius 2 is 1.91 bits per heavy atom. The predicted molar refractivity (Wildman–Crippen MR) is 53.3 cm³/mol. The summed E-state index contributed by atoms with van der Waals surface area (Å²) in [7, 11) is 0. The van der Waals surface area contributed by atoms with Gasteiger partial charge in [0.05, 0.1) is 8.65 Å². The minimum absolute atomic E-state index is 0.249. The summed E-state index contributed by atoms with van der Waals surface area (Å²) in [5.41, 5.74) is -0.394. The van der Waals surface area contributed by atoms with E-state index < -0.39 is 5.41 Å². The molecule has 11 heavy (non-hydrogen) atoms. The maximum Gasteiger partial charge on any atom is 0.230 e. The molecule has 1 aliphatic carbocycles. The van der Waals surface area contributed by atoms with Crippen LogP contribution in [0.15, 0.2) is 0 Å². The van der Waals surface area contributed by atoms with Gasteiger partial charge >= 0.3 is 0 Å². The lowest BCUT2D eigenvalue weighted by atomic mass is 9.94. The Balaban J connectivity index is 2.88. The van der Waals surface area contributed by atoms with Crippen molar-refractivity contribution in [2.24, 2.45) is 11.3 Å². The molecule has 1 nitrogen and oxygen atoms in total. The number of halogens is 3. The number of carbonyl (C=O) groups is 1. The first kappa shape index (κ1) is 10.0. The highest BCUT2D eigenvalue weighted by Gasteiger charge is 2.70. The molecule has 0 aromatic rings.